The van der Waals surface area contributed by atoms with Crippen LogP contribution in [0.3, 0.4) is 0 Å². The summed E-state index contributed by atoms with van der Waals surface area (Å²) in [7, 11) is 0. The quantitative estimate of drug-likeness (QED) is 0.623. The van der Waals surface area contributed by atoms with Crippen LogP contribution in [0.2, 0.25) is 0 Å². The lowest BCUT2D eigenvalue weighted by molar-refractivity contribution is 0.461. The lowest BCUT2D eigenvalue weighted by Gasteiger charge is -2.22. The molecule has 2 nitrogen and oxygen atoms in total. The summed E-state index contributed by atoms with van der Waals surface area (Å²) < 4.78 is 0. The van der Waals surface area contributed by atoms with E-state index in [1.807, 2.05) is 30.0 Å². The minimum Gasteiger partial charge on any atom is -0.508 e. The van der Waals surface area contributed by atoms with E-state index < -0.39 is 0 Å². The molecule has 0 aliphatic carbocycles. The van der Waals surface area contributed by atoms with Gasteiger partial charge < -0.3 is 10.4 Å². The van der Waals surface area contributed by atoms with Crippen LogP contribution in [0.1, 0.15) is 28.8 Å². The topological polar surface area (TPSA) is 32.3 Å². The molecular formula is C21H19NOS. The summed E-state index contributed by atoms with van der Waals surface area (Å²) in [5.41, 5.74) is 3.41. The van der Waals surface area contributed by atoms with E-state index in [0.29, 0.717) is 11.0 Å². The van der Waals surface area contributed by atoms with Crippen LogP contribution in [0.5, 0.6) is 5.75 Å². The fourth-order valence-electron chi connectivity index (χ4n) is 3.21. The number of para-hydroxylation sites is 2. The first-order valence-corrected chi connectivity index (χ1v) is 9.04. The number of fused-ring (bicyclic) bond motifs is 1. The van der Waals surface area contributed by atoms with E-state index in [2.05, 4.69) is 59.9 Å². The summed E-state index contributed by atoms with van der Waals surface area (Å²) in [4.78, 5) is 1.25. The Balaban J connectivity index is 1.77. The molecule has 2 N–H and O–H groups in total. The van der Waals surface area contributed by atoms with Crippen LogP contribution >= 0.6 is 11.8 Å². The standard InChI is InChI=1S/C21H19NOS/c23-19-12-6-4-10-16(19)18-14-21(15-8-2-1-3-9-15)24-20-13-7-5-11-17(20)22-18/h1-13,18,21-23H,14H2/t18-,21-/m1/s1. The zero-order valence-corrected chi connectivity index (χ0v) is 14.0. The highest BCUT2D eigenvalue weighted by atomic mass is 32.2. The molecule has 2 atom stereocenters. The number of anilines is 1. The van der Waals surface area contributed by atoms with Crippen molar-refractivity contribution in [3.63, 3.8) is 0 Å². The summed E-state index contributed by atoms with van der Waals surface area (Å²) in [6.07, 6.45) is 0.918. The average Bonchev–Trinajstić information content (AvgIpc) is 2.82. The molecule has 24 heavy (non-hydrogen) atoms. The molecule has 0 saturated heterocycles. The molecule has 1 aliphatic rings. The van der Waals surface area contributed by atoms with Gasteiger partial charge in [-0.2, -0.15) is 0 Å². The first-order chi connectivity index (χ1) is 11.8. The largest absolute Gasteiger partial charge is 0.508 e. The molecule has 1 heterocycles. The summed E-state index contributed by atoms with van der Waals surface area (Å²) in [5, 5.41) is 14.3. The van der Waals surface area contributed by atoms with Gasteiger partial charge in [0.15, 0.2) is 0 Å². The number of thioether (sulfide) groups is 1. The van der Waals surface area contributed by atoms with Crippen LogP contribution in [0.15, 0.2) is 83.8 Å². The molecule has 0 amide bonds. The molecule has 120 valence electrons. The monoisotopic (exact) mass is 333 g/mol. The zero-order valence-electron chi connectivity index (χ0n) is 13.2. The minimum absolute atomic E-state index is 0.0764. The molecule has 0 saturated carbocycles. The number of phenolic OH excluding ortho intramolecular Hbond substituents is 1. The zero-order chi connectivity index (χ0) is 16.4. The fraction of sp³-hybridized carbons (Fsp3) is 0.143. The van der Waals surface area contributed by atoms with E-state index in [0.717, 1.165) is 17.7 Å². The highest BCUT2D eigenvalue weighted by Gasteiger charge is 2.27. The Kier molecular flexibility index (Phi) is 4.18. The van der Waals surface area contributed by atoms with Crippen molar-refractivity contribution in [2.45, 2.75) is 22.6 Å². The van der Waals surface area contributed by atoms with Gasteiger partial charge in [-0.15, -0.1) is 11.8 Å². The number of rotatable bonds is 2. The van der Waals surface area contributed by atoms with Gasteiger partial charge >= 0.3 is 0 Å². The number of hydrogen-bond acceptors (Lipinski definition) is 3. The van der Waals surface area contributed by atoms with E-state index >= 15 is 0 Å². The Morgan fingerprint density at radius 2 is 1.54 bits per heavy atom. The molecule has 3 aromatic carbocycles. The summed E-state index contributed by atoms with van der Waals surface area (Å²) >= 11 is 1.89. The van der Waals surface area contributed by atoms with Crippen molar-refractivity contribution in [3.05, 3.63) is 90.0 Å². The van der Waals surface area contributed by atoms with Crippen molar-refractivity contribution >= 4 is 17.4 Å². The third kappa shape index (κ3) is 3.00. The molecular weight excluding hydrogens is 314 g/mol. The summed E-state index contributed by atoms with van der Waals surface area (Å²) in [5.74, 6) is 0.353. The highest BCUT2D eigenvalue weighted by Crippen LogP contribution is 2.48. The SMILES string of the molecule is Oc1ccccc1[C@H]1C[C@H](c2ccccc2)Sc2ccccc2N1. The first kappa shape index (κ1) is 15.2. The highest BCUT2D eigenvalue weighted by molar-refractivity contribution is 7.99. The molecule has 1 aliphatic heterocycles. The molecule has 0 fully saturated rings. The molecule has 0 unspecified atom stereocenters. The van der Waals surface area contributed by atoms with Crippen LogP contribution in [-0.2, 0) is 0 Å². The van der Waals surface area contributed by atoms with Crippen molar-refractivity contribution in [2.24, 2.45) is 0 Å². The predicted octanol–water partition coefficient (Wildman–Crippen LogP) is 5.78. The van der Waals surface area contributed by atoms with Crippen molar-refractivity contribution in [2.75, 3.05) is 5.32 Å². The molecule has 0 bridgehead atoms. The maximum atomic E-state index is 10.3. The van der Waals surface area contributed by atoms with E-state index in [1.54, 1.807) is 6.07 Å². The van der Waals surface area contributed by atoms with Crippen molar-refractivity contribution in [3.8, 4) is 5.75 Å². The number of phenols is 1. The predicted molar refractivity (Wildman–Crippen MR) is 101 cm³/mol. The average molecular weight is 333 g/mol. The Bertz CT molecular complexity index is 834. The van der Waals surface area contributed by atoms with Crippen LogP contribution < -0.4 is 5.32 Å². The molecule has 3 heteroatoms. The Labute approximate surface area is 146 Å². The third-order valence-corrected chi connectivity index (χ3v) is 5.78. The normalized spacial score (nSPS) is 19.8. The van der Waals surface area contributed by atoms with Crippen molar-refractivity contribution in [1.29, 1.82) is 0 Å². The van der Waals surface area contributed by atoms with E-state index in [9.17, 15) is 5.11 Å². The number of aromatic hydroxyl groups is 1. The lowest BCUT2D eigenvalue weighted by Crippen LogP contribution is -2.12. The summed E-state index contributed by atoms with van der Waals surface area (Å²) in [6.45, 7) is 0. The fourth-order valence-corrected chi connectivity index (χ4v) is 4.51. The van der Waals surface area contributed by atoms with Gasteiger partial charge in [-0.1, -0.05) is 60.7 Å². The molecule has 0 radical (unpaired) electrons. The second-order valence-electron chi connectivity index (χ2n) is 6.00. The van der Waals surface area contributed by atoms with Gasteiger partial charge in [-0.05, 0) is 30.2 Å². The maximum absolute atomic E-state index is 10.3. The van der Waals surface area contributed by atoms with Gasteiger partial charge in [0.25, 0.3) is 0 Å². The lowest BCUT2D eigenvalue weighted by atomic mass is 9.97. The Hall–Kier alpha value is -2.39. The van der Waals surface area contributed by atoms with Crippen LogP contribution in [0.4, 0.5) is 5.69 Å². The smallest absolute Gasteiger partial charge is 0.120 e. The van der Waals surface area contributed by atoms with E-state index in [1.165, 1.54) is 10.5 Å². The molecule has 4 rings (SSSR count). The van der Waals surface area contributed by atoms with E-state index in [-0.39, 0.29) is 6.04 Å². The Morgan fingerprint density at radius 1 is 0.833 bits per heavy atom. The summed E-state index contributed by atoms with van der Waals surface area (Å²) in [6, 6.07) is 26.7. The second kappa shape index (κ2) is 6.62. The van der Waals surface area contributed by atoms with Crippen LogP contribution in [0.25, 0.3) is 0 Å². The van der Waals surface area contributed by atoms with Gasteiger partial charge in [0, 0.05) is 21.4 Å². The van der Waals surface area contributed by atoms with Crippen molar-refractivity contribution in [1.82, 2.24) is 0 Å². The van der Waals surface area contributed by atoms with Crippen molar-refractivity contribution < 1.29 is 5.11 Å². The van der Waals surface area contributed by atoms with Gasteiger partial charge in [0.2, 0.25) is 0 Å². The Morgan fingerprint density at radius 3 is 2.38 bits per heavy atom. The number of hydrogen-bond donors (Lipinski definition) is 2. The van der Waals surface area contributed by atoms with Gasteiger partial charge in [0.05, 0.1) is 6.04 Å². The molecule has 0 aromatic heterocycles. The number of nitrogens with one attached hydrogen (secondary N) is 1. The second-order valence-corrected chi connectivity index (χ2v) is 7.25. The first-order valence-electron chi connectivity index (χ1n) is 8.16. The van der Waals surface area contributed by atoms with Crippen LogP contribution in [0, 0.1) is 0 Å². The van der Waals surface area contributed by atoms with Crippen LogP contribution in [-0.4, -0.2) is 5.11 Å². The van der Waals surface area contributed by atoms with Gasteiger partial charge in [-0.25, -0.2) is 0 Å². The molecule has 0 spiro atoms. The molecule has 3 aromatic rings. The van der Waals surface area contributed by atoms with Gasteiger partial charge in [0.1, 0.15) is 5.75 Å². The van der Waals surface area contributed by atoms with E-state index in [4.69, 9.17) is 0 Å². The number of benzene rings is 3. The van der Waals surface area contributed by atoms with Gasteiger partial charge in [-0.3, -0.25) is 0 Å². The minimum atomic E-state index is 0.0764. The third-order valence-electron chi connectivity index (χ3n) is 4.42. The maximum Gasteiger partial charge on any atom is 0.120 e.